The van der Waals surface area contributed by atoms with E-state index in [1.807, 2.05) is 36.4 Å². The minimum Gasteiger partial charge on any atom is -0.490 e. The standard InChI is InChI=1S/C29H35FN6O3/c1-37-18-38-28-5-3-2-4-25(28)26-15-27(29(31)34-33-26)35-16-20-6-7-21(17-35)36(20)22-12-19(30)13-24(14-22)39-23-8-10-32-11-9-23/h2-5,12-15,20-21,23,32H,6-11,16-18H2,1H3,(H2,31,34)/t20-,21+. The van der Waals surface area contributed by atoms with Crippen LogP contribution in [0.4, 0.5) is 21.6 Å². The van der Waals surface area contributed by atoms with Crippen LogP contribution in [0.1, 0.15) is 25.7 Å². The van der Waals surface area contributed by atoms with Crippen LogP contribution in [-0.4, -0.2) is 68.5 Å². The minimum absolute atomic E-state index is 0.121. The van der Waals surface area contributed by atoms with Crippen molar-refractivity contribution in [1.82, 2.24) is 15.5 Å². The third kappa shape index (κ3) is 5.44. The van der Waals surface area contributed by atoms with E-state index in [-0.39, 0.29) is 30.8 Å². The molecule has 3 fully saturated rings. The van der Waals surface area contributed by atoms with Gasteiger partial charge in [-0.2, -0.15) is 0 Å². The third-order valence-corrected chi connectivity index (χ3v) is 7.86. The van der Waals surface area contributed by atoms with E-state index in [4.69, 9.17) is 19.9 Å². The monoisotopic (exact) mass is 534 g/mol. The number of halogens is 1. The summed E-state index contributed by atoms with van der Waals surface area (Å²) >= 11 is 0. The zero-order chi connectivity index (χ0) is 26.8. The first-order valence-corrected chi connectivity index (χ1v) is 13.6. The highest BCUT2D eigenvalue weighted by Crippen LogP contribution is 2.40. The average Bonchev–Trinajstić information content (AvgIpc) is 3.22. The van der Waals surface area contributed by atoms with Crippen molar-refractivity contribution >= 4 is 17.2 Å². The van der Waals surface area contributed by atoms with Crippen molar-refractivity contribution < 1.29 is 18.6 Å². The summed E-state index contributed by atoms with van der Waals surface area (Å²) in [4.78, 5) is 4.66. The maximum absolute atomic E-state index is 14.7. The second kappa shape index (κ2) is 11.2. The number of hydrogen-bond acceptors (Lipinski definition) is 9. The van der Waals surface area contributed by atoms with Crippen molar-refractivity contribution in [3.63, 3.8) is 0 Å². The van der Waals surface area contributed by atoms with Gasteiger partial charge >= 0.3 is 0 Å². The molecule has 9 nitrogen and oxygen atoms in total. The van der Waals surface area contributed by atoms with Crippen molar-refractivity contribution in [3.8, 4) is 22.8 Å². The topological polar surface area (TPSA) is 98.0 Å². The second-order valence-electron chi connectivity index (χ2n) is 10.5. The molecule has 2 atom stereocenters. The number of ether oxygens (including phenoxy) is 3. The normalized spacial score (nSPS) is 21.3. The smallest absolute Gasteiger partial charge is 0.188 e. The molecule has 0 radical (unpaired) electrons. The fraction of sp³-hybridized carbons (Fsp3) is 0.448. The predicted molar refractivity (Wildman–Crippen MR) is 149 cm³/mol. The number of nitrogens with zero attached hydrogens (tertiary/aromatic N) is 4. The summed E-state index contributed by atoms with van der Waals surface area (Å²) in [5.74, 6) is 1.41. The highest BCUT2D eigenvalue weighted by Gasteiger charge is 2.41. The molecular weight excluding hydrogens is 499 g/mol. The lowest BCUT2D eigenvalue weighted by molar-refractivity contribution is 0.0515. The van der Waals surface area contributed by atoms with Gasteiger partial charge in [0.05, 0.1) is 11.4 Å². The van der Waals surface area contributed by atoms with Gasteiger partial charge in [0.2, 0.25) is 0 Å². The van der Waals surface area contributed by atoms with E-state index in [0.717, 1.165) is 68.8 Å². The molecular formula is C29H35FN6O3. The molecule has 1 aromatic heterocycles. The number of methoxy groups -OCH3 is 1. The van der Waals surface area contributed by atoms with Gasteiger partial charge in [0.15, 0.2) is 12.6 Å². The van der Waals surface area contributed by atoms with Gasteiger partial charge in [-0.05, 0) is 63.0 Å². The van der Waals surface area contributed by atoms with E-state index >= 15 is 0 Å². The highest BCUT2D eigenvalue weighted by atomic mass is 19.1. The first-order chi connectivity index (χ1) is 19.1. The van der Waals surface area contributed by atoms with Crippen molar-refractivity contribution in [2.24, 2.45) is 0 Å². The van der Waals surface area contributed by atoms with Gasteiger partial charge in [0.1, 0.15) is 23.4 Å². The molecule has 0 spiro atoms. The number of nitrogens with two attached hydrogens (primary N) is 1. The number of piperidine rings is 1. The van der Waals surface area contributed by atoms with E-state index in [0.29, 0.717) is 23.0 Å². The zero-order valence-corrected chi connectivity index (χ0v) is 22.2. The molecule has 2 bridgehead atoms. The van der Waals surface area contributed by atoms with Gasteiger partial charge in [-0.1, -0.05) is 12.1 Å². The van der Waals surface area contributed by atoms with E-state index in [1.165, 1.54) is 6.07 Å². The largest absolute Gasteiger partial charge is 0.490 e. The minimum atomic E-state index is -0.264. The van der Waals surface area contributed by atoms with Gasteiger partial charge < -0.3 is 35.1 Å². The Hall–Kier alpha value is -3.63. The number of fused-ring (bicyclic) bond motifs is 2. The van der Waals surface area contributed by atoms with E-state index in [2.05, 4.69) is 25.3 Å². The quantitative estimate of drug-likeness (QED) is 0.418. The van der Waals surface area contributed by atoms with Gasteiger partial charge in [-0.3, -0.25) is 0 Å². The highest BCUT2D eigenvalue weighted by molar-refractivity contribution is 5.75. The fourth-order valence-electron chi connectivity index (χ4n) is 6.09. The predicted octanol–water partition coefficient (Wildman–Crippen LogP) is 3.84. The van der Waals surface area contributed by atoms with Crippen molar-refractivity contribution in [1.29, 1.82) is 0 Å². The summed E-state index contributed by atoms with van der Waals surface area (Å²) in [6.45, 7) is 3.52. The molecule has 206 valence electrons. The van der Waals surface area contributed by atoms with Gasteiger partial charge in [0.25, 0.3) is 0 Å². The van der Waals surface area contributed by atoms with Crippen molar-refractivity contribution in [3.05, 3.63) is 54.3 Å². The molecule has 39 heavy (non-hydrogen) atoms. The van der Waals surface area contributed by atoms with Crippen LogP contribution in [0.3, 0.4) is 0 Å². The van der Waals surface area contributed by atoms with Gasteiger partial charge in [-0.25, -0.2) is 4.39 Å². The Kier molecular flexibility index (Phi) is 7.38. The summed E-state index contributed by atoms with van der Waals surface area (Å²) in [6.07, 6.45) is 4.04. The summed E-state index contributed by atoms with van der Waals surface area (Å²) in [5.41, 5.74) is 9.60. The molecule has 0 unspecified atom stereocenters. The Balaban J connectivity index is 1.22. The first-order valence-electron chi connectivity index (χ1n) is 13.6. The molecule has 0 amide bonds. The van der Waals surface area contributed by atoms with Crippen molar-refractivity contribution in [2.75, 3.05) is 55.6 Å². The summed E-state index contributed by atoms with van der Waals surface area (Å²) in [7, 11) is 1.59. The van der Waals surface area contributed by atoms with E-state index in [1.54, 1.807) is 13.2 Å². The van der Waals surface area contributed by atoms with Crippen LogP contribution in [0, 0.1) is 5.82 Å². The molecule has 3 aliphatic rings. The Bertz CT molecular complexity index is 1290. The van der Waals surface area contributed by atoms with Crippen LogP contribution >= 0.6 is 0 Å². The molecule has 6 rings (SSSR count). The Morgan fingerprint density at radius 3 is 2.54 bits per heavy atom. The number of piperazine rings is 1. The lowest BCUT2D eigenvalue weighted by atomic mass is 10.1. The molecule has 2 aromatic carbocycles. The Morgan fingerprint density at radius 1 is 1.00 bits per heavy atom. The maximum Gasteiger partial charge on any atom is 0.188 e. The summed E-state index contributed by atoms with van der Waals surface area (Å²) in [5, 5.41) is 12.0. The average molecular weight is 535 g/mol. The number of para-hydroxylation sites is 1. The van der Waals surface area contributed by atoms with Crippen LogP contribution in [0.2, 0.25) is 0 Å². The number of nitrogens with one attached hydrogen (secondary N) is 1. The molecule has 3 N–H and O–H groups in total. The maximum atomic E-state index is 14.7. The second-order valence-corrected chi connectivity index (χ2v) is 10.5. The molecule has 3 aromatic rings. The van der Waals surface area contributed by atoms with Crippen LogP contribution in [0.25, 0.3) is 11.3 Å². The number of aromatic nitrogens is 2. The van der Waals surface area contributed by atoms with Crippen LogP contribution in [0.15, 0.2) is 48.5 Å². The molecule has 0 saturated carbocycles. The third-order valence-electron chi connectivity index (χ3n) is 7.86. The molecule has 3 aliphatic heterocycles. The lowest BCUT2D eigenvalue weighted by Gasteiger charge is -2.43. The van der Waals surface area contributed by atoms with Gasteiger partial charge in [-0.15, -0.1) is 10.2 Å². The first kappa shape index (κ1) is 25.6. The van der Waals surface area contributed by atoms with Gasteiger partial charge in [0, 0.05) is 55.7 Å². The molecule has 10 heteroatoms. The SMILES string of the molecule is COCOc1ccccc1-c1cc(N2C[C@H]3CC[C@@H](C2)N3c2cc(F)cc(OC3CCNCC3)c2)c(N)nn1. The number of hydrogen-bond donors (Lipinski definition) is 2. The lowest BCUT2D eigenvalue weighted by Crippen LogP contribution is -2.54. The Labute approximate surface area is 228 Å². The molecule has 0 aliphatic carbocycles. The van der Waals surface area contributed by atoms with Crippen LogP contribution in [-0.2, 0) is 4.74 Å². The van der Waals surface area contributed by atoms with Crippen LogP contribution in [0.5, 0.6) is 11.5 Å². The summed E-state index contributed by atoms with van der Waals surface area (Å²) < 4.78 is 31.8. The van der Waals surface area contributed by atoms with E-state index < -0.39 is 0 Å². The Morgan fingerprint density at radius 2 is 1.77 bits per heavy atom. The molecule has 4 heterocycles. The zero-order valence-electron chi connectivity index (χ0n) is 22.2. The summed E-state index contributed by atoms with van der Waals surface area (Å²) in [6, 6.07) is 15.3. The van der Waals surface area contributed by atoms with Crippen LogP contribution < -0.4 is 30.3 Å². The van der Waals surface area contributed by atoms with E-state index in [9.17, 15) is 4.39 Å². The van der Waals surface area contributed by atoms with Crippen molar-refractivity contribution in [2.45, 2.75) is 43.9 Å². The number of benzene rings is 2. The fourth-order valence-corrected chi connectivity index (χ4v) is 6.09. The molecule has 3 saturated heterocycles. The number of anilines is 3. The number of rotatable bonds is 8. The number of nitrogen functional groups attached to an aromatic ring is 1.